The number of hydrogen-bond donors (Lipinski definition) is 1. The highest BCUT2D eigenvalue weighted by Crippen LogP contribution is 2.45. The molecule has 0 spiro atoms. The Bertz CT molecular complexity index is 344. The number of piperidine rings is 1. The van der Waals surface area contributed by atoms with Crippen molar-refractivity contribution in [1.29, 1.82) is 0 Å². The minimum Gasteiger partial charge on any atom is -0.317 e. The molecule has 1 N–H and O–H groups in total. The molecule has 2 heteroatoms. The topological polar surface area (TPSA) is 12.0 Å². The molecule has 0 radical (unpaired) electrons. The zero-order chi connectivity index (χ0) is 10.1. The number of benzene rings is 1. The second-order valence-electron chi connectivity index (χ2n) is 4.54. The molecule has 1 unspecified atom stereocenters. The molecule has 0 saturated carbocycles. The highest BCUT2D eigenvalue weighted by Gasteiger charge is 2.30. The number of rotatable bonds is 1. The minimum atomic E-state index is 0.827. The van der Waals surface area contributed by atoms with E-state index in [0.717, 1.165) is 11.8 Å². The molecule has 3 rings (SSSR count). The van der Waals surface area contributed by atoms with Crippen LogP contribution in [0, 0.1) is 5.92 Å². The summed E-state index contributed by atoms with van der Waals surface area (Å²) in [5.41, 5.74) is 1.62. The van der Waals surface area contributed by atoms with Crippen LogP contribution in [0.25, 0.3) is 0 Å². The van der Waals surface area contributed by atoms with Crippen LogP contribution in [0.5, 0.6) is 0 Å². The van der Waals surface area contributed by atoms with Crippen molar-refractivity contribution < 1.29 is 0 Å². The first-order valence-electron chi connectivity index (χ1n) is 5.87. The minimum absolute atomic E-state index is 0.827. The third-order valence-electron chi connectivity index (χ3n) is 3.69. The van der Waals surface area contributed by atoms with Crippen molar-refractivity contribution in [3.63, 3.8) is 0 Å². The van der Waals surface area contributed by atoms with Crippen LogP contribution in [0.15, 0.2) is 29.2 Å². The van der Waals surface area contributed by atoms with E-state index in [-0.39, 0.29) is 0 Å². The smallest absolute Gasteiger partial charge is 0.0107 e. The second kappa shape index (κ2) is 4.18. The average Bonchev–Trinajstić information content (AvgIpc) is 2.74. The Morgan fingerprint density at radius 1 is 1.13 bits per heavy atom. The standard InChI is InChI=1S/C13H17NS/c1-2-4-13-11(3-1)12(9-15-13)10-5-7-14-8-6-10/h1-4,10,12,14H,5-9H2. The summed E-state index contributed by atoms with van der Waals surface area (Å²) in [4.78, 5) is 1.53. The Morgan fingerprint density at radius 3 is 2.80 bits per heavy atom. The van der Waals surface area contributed by atoms with Gasteiger partial charge in [-0.2, -0.15) is 0 Å². The van der Waals surface area contributed by atoms with Gasteiger partial charge in [0, 0.05) is 10.6 Å². The van der Waals surface area contributed by atoms with E-state index in [4.69, 9.17) is 0 Å². The summed E-state index contributed by atoms with van der Waals surface area (Å²) in [6.07, 6.45) is 2.72. The van der Waals surface area contributed by atoms with Gasteiger partial charge >= 0.3 is 0 Å². The fourth-order valence-corrected chi connectivity index (χ4v) is 4.20. The Kier molecular flexibility index (Phi) is 2.72. The largest absolute Gasteiger partial charge is 0.317 e. The Morgan fingerprint density at radius 2 is 1.93 bits per heavy atom. The molecule has 80 valence electrons. The van der Waals surface area contributed by atoms with Crippen LogP contribution in [0.1, 0.15) is 24.3 Å². The van der Waals surface area contributed by atoms with Crippen LogP contribution in [-0.2, 0) is 0 Å². The van der Waals surface area contributed by atoms with Crippen molar-refractivity contribution in [2.24, 2.45) is 5.92 Å². The molecular formula is C13H17NS. The number of nitrogens with one attached hydrogen (secondary N) is 1. The van der Waals surface area contributed by atoms with Crippen molar-refractivity contribution in [3.8, 4) is 0 Å². The van der Waals surface area contributed by atoms with E-state index in [9.17, 15) is 0 Å². The lowest BCUT2D eigenvalue weighted by Gasteiger charge is -2.28. The van der Waals surface area contributed by atoms with Crippen LogP contribution in [0.4, 0.5) is 0 Å². The van der Waals surface area contributed by atoms with Gasteiger partial charge in [-0.15, -0.1) is 11.8 Å². The van der Waals surface area contributed by atoms with Gasteiger partial charge in [-0.25, -0.2) is 0 Å². The first-order valence-corrected chi connectivity index (χ1v) is 6.86. The van der Waals surface area contributed by atoms with Crippen molar-refractivity contribution >= 4 is 11.8 Å². The van der Waals surface area contributed by atoms with E-state index < -0.39 is 0 Å². The molecule has 1 aromatic carbocycles. The molecule has 1 fully saturated rings. The van der Waals surface area contributed by atoms with Crippen molar-refractivity contribution in [1.82, 2.24) is 5.32 Å². The maximum Gasteiger partial charge on any atom is 0.0107 e. The highest BCUT2D eigenvalue weighted by atomic mass is 32.2. The lowest BCUT2D eigenvalue weighted by atomic mass is 9.82. The van der Waals surface area contributed by atoms with Crippen LogP contribution >= 0.6 is 11.8 Å². The Balaban J connectivity index is 1.83. The summed E-state index contributed by atoms with van der Waals surface area (Å²) >= 11 is 2.05. The zero-order valence-corrected chi connectivity index (χ0v) is 9.72. The first-order chi connectivity index (χ1) is 7.45. The van der Waals surface area contributed by atoms with Gasteiger partial charge in [0.1, 0.15) is 0 Å². The summed E-state index contributed by atoms with van der Waals surface area (Å²) in [6.45, 7) is 2.43. The third-order valence-corrected chi connectivity index (χ3v) is 4.90. The van der Waals surface area contributed by atoms with E-state index >= 15 is 0 Å². The zero-order valence-electron chi connectivity index (χ0n) is 8.91. The number of thioether (sulfide) groups is 1. The monoisotopic (exact) mass is 219 g/mol. The van der Waals surface area contributed by atoms with Crippen LogP contribution < -0.4 is 5.32 Å². The van der Waals surface area contributed by atoms with Gasteiger partial charge in [-0.1, -0.05) is 18.2 Å². The molecular weight excluding hydrogens is 202 g/mol. The van der Waals surface area contributed by atoms with Crippen LogP contribution in [0.2, 0.25) is 0 Å². The predicted molar refractivity (Wildman–Crippen MR) is 65.5 cm³/mol. The molecule has 2 aliphatic rings. The van der Waals surface area contributed by atoms with E-state index in [1.54, 1.807) is 5.56 Å². The first kappa shape index (κ1) is 9.73. The lowest BCUT2D eigenvalue weighted by Crippen LogP contribution is -2.30. The fourth-order valence-electron chi connectivity index (χ4n) is 2.82. The van der Waals surface area contributed by atoms with Gasteiger partial charge < -0.3 is 5.32 Å². The lowest BCUT2D eigenvalue weighted by molar-refractivity contribution is 0.334. The van der Waals surface area contributed by atoms with E-state index in [1.165, 1.54) is 36.6 Å². The average molecular weight is 219 g/mol. The highest BCUT2D eigenvalue weighted by molar-refractivity contribution is 7.99. The molecule has 1 saturated heterocycles. The van der Waals surface area contributed by atoms with Gasteiger partial charge in [0.25, 0.3) is 0 Å². The van der Waals surface area contributed by atoms with E-state index in [1.807, 2.05) is 11.8 Å². The molecule has 2 aliphatic heterocycles. The number of hydrogen-bond acceptors (Lipinski definition) is 2. The molecule has 0 amide bonds. The molecule has 0 bridgehead atoms. The van der Waals surface area contributed by atoms with Crippen LogP contribution in [-0.4, -0.2) is 18.8 Å². The van der Waals surface area contributed by atoms with E-state index in [2.05, 4.69) is 29.6 Å². The molecule has 1 aromatic rings. The second-order valence-corrected chi connectivity index (χ2v) is 5.60. The SMILES string of the molecule is c1ccc2c(c1)SCC2C1CCNCC1. The molecule has 1 nitrogen and oxygen atoms in total. The quantitative estimate of drug-likeness (QED) is 0.779. The van der Waals surface area contributed by atoms with Gasteiger partial charge in [0.15, 0.2) is 0 Å². The summed E-state index contributed by atoms with van der Waals surface area (Å²) in [7, 11) is 0. The molecule has 1 atom stereocenters. The van der Waals surface area contributed by atoms with Crippen molar-refractivity contribution in [2.75, 3.05) is 18.8 Å². The van der Waals surface area contributed by atoms with Crippen LogP contribution in [0.3, 0.4) is 0 Å². The predicted octanol–water partition coefficient (Wildman–Crippen LogP) is 2.88. The molecule has 15 heavy (non-hydrogen) atoms. The molecule has 0 aromatic heterocycles. The van der Waals surface area contributed by atoms with Gasteiger partial charge in [-0.05, 0) is 49.4 Å². The number of fused-ring (bicyclic) bond motifs is 1. The van der Waals surface area contributed by atoms with Gasteiger partial charge in [0.05, 0.1) is 0 Å². The van der Waals surface area contributed by atoms with E-state index in [0.29, 0.717) is 0 Å². The normalized spacial score (nSPS) is 26.5. The maximum absolute atomic E-state index is 3.46. The fraction of sp³-hybridized carbons (Fsp3) is 0.538. The Hall–Kier alpha value is -0.470. The summed E-state index contributed by atoms with van der Waals surface area (Å²) in [5.74, 6) is 3.06. The Labute approximate surface area is 95.6 Å². The third kappa shape index (κ3) is 1.81. The van der Waals surface area contributed by atoms with Crippen molar-refractivity contribution in [2.45, 2.75) is 23.7 Å². The summed E-state index contributed by atoms with van der Waals surface area (Å²) < 4.78 is 0. The molecule has 2 heterocycles. The van der Waals surface area contributed by atoms with Crippen molar-refractivity contribution in [3.05, 3.63) is 29.8 Å². The summed E-state index contributed by atoms with van der Waals surface area (Å²) in [5, 5.41) is 3.46. The maximum atomic E-state index is 3.46. The van der Waals surface area contributed by atoms with Gasteiger partial charge in [-0.3, -0.25) is 0 Å². The molecule has 0 aliphatic carbocycles. The van der Waals surface area contributed by atoms with Gasteiger partial charge in [0.2, 0.25) is 0 Å². The summed E-state index contributed by atoms with van der Waals surface area (Å²) in [6, 6.07) is 8.97.